The van der Waals surface area contributed by atoms with Gasteiger partial charge in [0.25, 0.3) is 0 Å². The molecular weight excluding hydrogens is 410 g/mol. The maximum absolute atomic E-state index is 12.9. The van der Waals surface area contributed by atoms with Crippen LogP contribution in [0.3, 0.4) is 0 Å². The Morgan fingerprint density at radius 1 is 1.23 bits per heavy atom. The van der Waals surface area contributed by atoms with E-state index < -0.39 is 20.6 Å². The molecule has 9 nitrogen and oxygen atoms in total. The number of nitrogens with one attached hydrogen (secondary N) is 1. The zero-order valence-electron chi connectivity index (χ0n) is 16.7. The normalized spacial score (nSPS) is 17.3. The first kappa shape index (κ1) is 21.7. The number of hydrogen-bond donors (Lipinski definition) is 1. The number of amides is 1. The number of hydrogen-bond acceptors (Lipinski definition) is 6. The molecule has 1 atom stereocenters. The number of carbonyl (C=O) groups excluding carboxylic acids is 1. The zero-order valence-corrected chi connectivity index (χ0v) is 17.5. The minimum Gasteiger partial charge on any atom is -0.450 e. The summed E-state index contributed by atoms with van der Waals surface area (Å²) in [6.45, 7) is 4.17. The Hall–Kier alpha value is -2.98. The van der Waals surface area contributed by atoms with Crippen molar-refractivity contribution in [1.82, 2.24) is 4.31 Å². The first-order valence-corrected chi connectivity index (χ1v) is 10.9. The molecule has 0 spiro atoms. The summed E-state index contributed by atoms with van der Waals surface area (Å²) in [5, 5.41) is 14.2. The fraction of sp³-hybridized carbons (Fsp3) is 0.350. The first-order valence-electron chi connectivity index (χ1n) is 9.51. The second kappa shape index (κ2) is 8.80. The standard InChI is InChI=1S/C20H23N3O6S/c1-14-4-3-11-22(13-14)30(27,28)18-9-10-20(19(12-18)23(25)26)29-17-7-5-16(6-8-17)21-15(2)24/h5-10,12,14H,3-4,11,13H2,1-2H3,(H,21,24). The van der Waals surface area contributed by atoms with E-state index in [9.17, 15) is 23.3 Å². The molecule has 1 fully saturated rings. The molecule has 1 heterocycles. The molecular formula is C20H23N3O6S. The fourth-order valence-electron chi connectivity index (χ4n) is 3.34. The molecule has 0 aromatic heterocycles. The average molecular weight is 433 g/mol. The molecule has 1 aliphatic heterocycles. The van der Waals surface area contributed by atoms with E-state index in [1.54, 1.807) is 24.3 Å². The van der Waals surface area contributed by atoms with Crippen molar-refractivity contribution in [2.24, 2.45) is 5.92 Å². The highest BCUT2D eigenvalue weighted by molar-refractivity contribution is 7.89. The van der Waals surface area contributed by atoms with E-state index in [0.717, 1.165) is 18.9 Å². The molecule has 30 heavy (non-hydrogen) atoms. The first-order chi connectivity index (χ1) is 14.2. The largest absolute Gasteiger partial charge is 0.450 e. The van der Waals surface area contributed by atoms with Gasteiger partial charge in [-0.3, -0.25) is 14.9 Å². The topological polar surface area (TPSA) is 119 Å². The van der Waals surface area contributed by atoms with Crippen LogP contribution in [0, 0.1) is 16.0 Å². The van der Waals surface area contributed by atoms with Crippen molar-refractivity contribution in [3.8, 4) is 11.5 Å². The average Bonchev–Trinajstić information content (AvgIpc) is 2.69. The molecule has 1 saturated heterocycles. The summed E-state index contributed by atoms with van der Waals surface area (Å²) in [5.41, 5.74) is 0.119. The van der Waals surface area contributed by atoms with Gasteiger partial charge in [-0.25, -0.2) is 8.42 Å². The molecule has 1 unspecified atom stereocenters. The van der Waals surface area contributed by atoms with Crippen LogP contribution in [0.1, 0.15) is 26.7 Å². The summed E-state index contributed by atoms with van der Waals surface area (Å²) in [6, 6.07) is 9.94. The van der Waals surface area contributed by atoms with Gasteiger partial charge in [-0.05, 0) is 55.2 Å². The lowest BCUT2D eigenvalue weighted by Crippen LogP contribution is -2.39. The minimum absolute atomic E-state index is 0.0711. The smallest absolute Gasteiger partial charge is 0.312 e. The SMILES string of the molecule is CC(=O)Nc1ccc(Oc2ccc(S(=O)(=O)N3CCCC(C)C3)cc2[N+](=O)[O-])cc1. The predicted molar refractivity (Wildman–Crippen MR) is 111 cm³/mol. The van der Waals surface area contributed by atoms with Crippen LogP contribution in [0.2, 0.25) is 0 Å². The maximum Gasteiger partial charge on any atom is 0.312 e. The third kappa shape index (κ3) is 4.95. The van der Waals surface area contributed by atoms with Crippen LogP contribution < -0.4 is 10.1 Å². The van der Waals surface area contributed by atoms with Gasteiger partial charge in [-0.15, -0.1) is 0 Å². The van der Waals surface area contributed by atoms with E-state index in [1.807, 2.05) is 6.92 Å². The zero-order chi connectivity index (χ0) is 21.9. The highest BCUT2D eigenvalue weighted by Crippen LogP contribution is 2.35. The van der Waals surface area contributed by atoms with Crippen LogP contribution in [-0.2, 0) is 14.8 Å². The Labute approximate surface area is 174 Å². The second-order valence-corrected chi connectivity index (χ2v) is 9.24. The molecule has 10 heteroatoms. The summed E-state index contributed by atoms with van der Waals surface area (Å²) >= 11 is 0. The van der Waals surface area contributed by atoms with E-state index >= 15 is 0 Å². The molecule has 1 N–H and O–H groups in total. The van der Waals surface area contributed by atoms with Crippen molar-refractivity contribution < 1.29 is 22.9 Å². The van der Waals surface area contributed by atoms with Gasteiger partial charge in [0.15, 0.2) is 0 Å². The van der Waals surface area contributed by atoms with E-state index in [-0.39, 0.29) is 22.5 Å². The lowest BCUT2D eigenvalue weighted by molar-refractivity contribution is -0.385. The predicted octanol–water partition coefficient (Wildman–Crippen LogP) is 3.77. The van der Waals surface area contributed by atoms with Gasteiger partial charge in [0, 0.05) is 31.8 Å². The summed E-state index contributed by atoms with van der Waals surface area (Å²) in [5.74, 6) is 0.261. The van der Waals surface area contributed by atoms with Gasteiger partial charge in [-0.2, -0.15) is 4.31 Å². The van der Waals surface area contributed by atoms with Gasteiger partial charge >= 0.3 is 5.69 Å². The number of carbonyl (C=O) groups is 1. The number of ether oxygens (including phenoxy) is 1. The molecule has 0 aliphatic carbocycles. The third-order valence-corrected chi connectivity index (χ3v) is 6.65. The van der Waals surface area contributed by atoms with Crippen LogP contribution in [0.5, 0.6) is 11.5 Å². The van der Waals surface area contributed by atoms with E-state index in [1.165, 1.54) is 23.4 Å². The number of nitro groups is 1. The van der Waals surface area contributed by atoms with Crippen molar-refractivity contribution in [2.75, 3.05) is 18.4 Å². The van der Waals surface area contributed by atoms with E-state index in [4.69, 9.17) is 4.74 Å². The number of benzene rings is 2. The molecule has 2 aromatic rings. The number of sulfonamides is 1. The highest BCUT2D eigenvalue weighted by Gasteiger charge is 2.31. The Balaban J connectivity index is 1.87. The Morgan fingerprint density at radius 3 is 2.53 bits per heavy atom. The summed E-state index contributed by atoms with van der Waals surface area (Å²) in [6.07, 6.45) is 1.72. The van der Waals surface area contributed by atoms with Gasteiger partial charge in [0.2, 0.25) is 21.7 Å². The van der Waals surface area contributed by atoms with Gasteiger partial charge in [-0.1, -0.05) is 6.92 Å². The Morgan fingerprint density at radius 2 is 1.93 bits per heavy atom. The van der Waals surface area contributed by atoms with E-state index in [2.05, 4.69) is 5.32 Å². The molecule has 0 saturated carbocycles. The van der Waals surface area contributed by atoms with E-state index in [0.29, 0.717) is 24.5 Å². The highest BCUT2D eigenvalue weighted by atomic mass is 32.2. The number of nitrogens with zero attached hydrogens (tertiary/aromatic N) is 2. The van der Waals surface area contributed by atoms with Gasteiger partial charge < -0.3 is 10.1 Å². The van der Waals surface area contributed by atoms with Crippen molar-refractivity contribution in [2.45, 2.75) is 31.6 Å². The lowest BCUT2D eigenvalue weighted by Gasteiger charge is -2.30. The number of rotatable bonds is 6. The molecule has 3 rings (SSSR count). The van der Waals surface area contributed by atoms with Crippen molar-refractivity contribution in [3.63, 3.8) is 0 Å². The molecule has 160 valence electrons. The van der Waals surface area contributed by atoms with Crippen LogP contribution in [-0.4, -0.2) is 36.6 Å². The van der Waals surface area contributed by atoms with Crippen molar-refractivity contribution in [3.05, 3.63) is 52.6 Å². The van der Waals surface area contributed by atoms with Gasteiger partial charge in [0.05, 0.1) is 9.82 Å². The van der Waals surface area contributed by atoms with Crippen LogP contribution in [0.15, 0.2) is 47.4 Å². The molecule has 0 radical (unpaired) electrons. The summed E-state index contributed by atoms with van der Waals surface area (Å²) in [4.78, 5) is 21.9. The lowest BCUT2D eigenvalue weighted by atomic mass is 10.0. The molecule has 1 amide bonds. The van der Waals surface area contributed by atoms with Crippen molar-refractivity contribution >= 4 is 27.3 Å². The molecule has 1 aliphatic rings. The monoisotopic (exact) mass is 433 g/mol. The number of piperidine rings is 1. The third-order valence-electron chi connectivity index (χ3n) is 4.79. The van der Waals surface area contributed by atoms with Crippen LogP contribution in [0.25, 0.3) is 0 Å². The summed E-state index contributed by atoms with van der Waals surface area (Å²) < 4.78 is 32.8. The Kier molecular flexibility index (Phi) is 6.37. The number of anilines is 1. The summed E-state index contributed by atoms with van der Waals surface area (Å²) in [7, 11) is -3.82. The fourth-order valence-corrected chi connectivity index (χ4v) is 4.96. The van der Waals surface area contributed by atoms with Crippen LogP contribution >= 0.6 is 0 Å². The molecule has 2 aromatic carbocycles. The maximum atomic E-state index is 12.9. The quantitative estimate of drug-likeness (QED) is 0.547. The Bertz CT molecular complexity index is 1050. The second-order valence-electron chi connectivity index (χ2n) is 7.30. The van der Waals surface area contributed by atoms with Crippen LogP contribution in [0.4, 0.5) is 11.4 Å². The number of nitro benzene ring substituents is 1. The minimum atomic E-state index is -3.82. The van der Waals surface area contributed by atoms with Crippen molar-refractivity contribution in [1.29, 1.82) is 0 Å². The van der Waals surface area contributed by atoms with Gasteiger partial charge in [0.1, 0.15) is 5.75 Å². The molecule has 0 bridgehead atoms.